The average molecular weight is 620 g/mol. The Kier molecular flexibility index (Phi) is 7.50. The minimum absolute atomic E-state index is 0.0449. The molecule has 0 heterocycles. The van der Waals surface area contributed by atoms with Crippen LogP contribution < -0.4 is 5.73 Å². The van der Waals surface area contributed by atoms with E-state index in [9.17, 15) is 37.9 Å². The Bertz CT molecular complexity index is 2170. The Hall–Kier alpha value is -5.44. The molecule has 0 unspecified atom stereocenters. The highest BCUT2D eigenvalue weighted by Crippen LogP contribution is 2.43. The van der Waals surface area contributed by atoms with Crippen LogP contribution in [-0.4, -0.2) is 40.2 Å². The summed E-state index contributed by atoms with van der Waals surface area (Å²) in [6.45, 7) is 0. The van der Waals surface area contributed by atoms with Crippen molar-refractivity contribution >= 4 is 83.6 Å². The molecular formula is C28H18ClN5O8S. The fourth-order valence-electron chi connectivity index (χ4n) is 4.26. The number of anilines is 1. The number of nitrogen functional groups attached to an aromatic ring is 1. The van der Waals surface area contributed by atoms with Crippen LogP contribution in [0.1, 0.15) is 20.7 Å². The number of carboxylic acid groups (broad SMARTS) is 2. The number of carbonyl (C=O) groups is 2. The van der Waals surface area contributed by atoms with Gasteiger partial charge in [0.25, 0.3) is 10.1 Å². The number of aromatic hydroxyl groups is 1. The molecule has 6 N–H and O–H groups in total. The fourth-order valence-corrected chi connectivity index (χ4v) is 5.08. The van der Waals surface area contributed by atoms with E-state index < -0.39 is 38.4 Å². The molecule has 0 fully saturated rings. The van der Waals surface area contributed by atoms with Crippen LogP contribution in [0.2, 0.25) is 5.02 Å². The number of benzene rings is 5. The Morgan fingerprint density at radius 1 is 0.721 bits per heavy atom. The molecule has 0 radical (unpaired) electrons. The Balaban J connectivity index is 1.68. The highest BCUT2D eigenvalue weighted by atomic mass is 35.5. The molecule has 0 aromatic heterocycles. The third-order valence-electron chi connectivity index (χ3n) is 6.29. The molecule has 0 amide bonds. The van der Waals surface area contributed by atoms with Crippen molar-refractivity contribution in [2.45, 2.75) is 4.90 Å². The Morgan fingerprint density at radius 3 is 2.07 bits per heavy atom. The maximum absolute atomic E-state index is 12.2. The predicted molar refractivity (Wildman–Crippen MR) is 158 cm³/mol. The predicted octanol–water partition coefficient (Wildman–Crippen LogP) is 7.41. The summed E-state index contributed by atoms with van der Waals surface area (Å²) < 4.78 is 34.1. The lowest BCUT2D eigenvalue weighted by Crippen LogP contribution is -1.99. The van der Waals surface area contributed by atoms with Gasteiger partial charge in [0.15, 0.2) is 5.75 Å². The van der Waals surface area contributed by atoms with Gasteiger partial charge in [0.1, 0.15) is 16.3 Å². The van der Waals surface area contributed by atoms with E-state index in [2.05, 4.69) is 20.5 Å². The third-order valence-corrected chi connectivity index (χ3v) is 7.39. The first-order chi connectivity index (χ1) is 20.3. The highest BCUT2D eigenvalue weighted by Gasteiger charge is 2.22. The summed E-state index contributed by atoms with van der Waals surface area (Å²) in [5, 5.41) is 47.2. The molecule has 0 atom stereocenters. The van der Waals surface area contributed by atoms with Crippen LogP contribution in [0.3, 0.4) is 0 Å². The quantitative estimate of drug-likeness (QED) is 0.0693. The van der Waals surface area contributed by atoms with Crippen molar-refractivity contribution in [1.29, 1.82) is 0 Å². The lowest BCUT2D eigenvalue weighted by molar-refractivity contribution is 0.0686. The first kappa shape index (κ1) is 29.1. The van der Waals surface area contributed by atoms with E-state index in [1.165, 1.54) is 66.7 Å². The maximum Gasteiger partial charge on any atom is 0.337 e. The van der Waals surface area contributed by atoms with Crippen LogP contribution in [0.25, 0.3) is 21.5 Å². The Morgan fingerprint density at radius 2 is 1.40 bits per heavy atom. The van der Waals surface area contributed by atoms with Gasteiger partial charge in [-0.3, -0.25) is 4.55 Å². The van der Waals surface area contributed by atoms with E-state index >= 15 is 0 Å². The van der Waals surface area contributed by atoms with Crippen molar-refractivity contribution < 1.29 is 37.9 Å². The number of phenols is 1. The lowest BCUT2D eigenvalue weighted by atomic mass is 10.0. The minimum Gasteiger partial charge on any atom is -0.505 e. The largest absolute Gasteiger partial charge is 0.505 e. The van der Waals surface area contributed by atoms with Crippen molar-refractivity contribution in [3.63, 3.8) is 0 Å². The van der Waals surface area contributed by atoms with Crippen molar-refractivity contribution in [2.24, 2.45) is 20.5 Å². The van der Waals surface area contributed by atoms with E-state index in [0.29, 0.717) is 5.39 Å². The zero-order valence-corrected chi connectivity index (χ0v) is 23.1. The highest BCUT2D eigenvalue weighted by molar-refractivity contribution is 7.86. The molecule has 43 heavy (non-hydrogen) atoms. The summed E-state index contributed by atoms with van der Waals surface area (Å²) in [5.41, 5.74) is 5.46. The standard InChI is InChI=1S/C28H18ClN5O8S/c29-15-3-6-18(28(38)39)23(11-15)33-31-22-8-7-21(17-5-2-14(27(36)37)9-20(17)22)32-34-25-24(43(40,41)42)10-13-1-4-16(30)12-19(13)26(25)35/h1-12,35H,30H2,(H,36,37)(H,38,39)(H,40,41,42). The van der Waals surface area contributed by atoms with Gasteiger partial charge in [-0.05, 0) is 66.0 Å². The molecule has 5 aromatic carbocycles. The van der Waals surface area contributed by atoms with Crippen LogP contribution in [0, 0.1) is 0 Å². The normalized spacial score (nSPS) is 12.0. The molecule has 0 saturated carbocycles. The number of aromatic carboxylic acids is 2. The smallest absolute Gasteiger partial charge is 0.337 e. The number of azo groups is 2. The molecule has 0 saturated heterocycles. The topological polar surface area (TPSA) is 225 Å². The van der Waals surface area contributed by atoms with Gasteiger partial charge >= 0.3 is 11.9 Å². The summed E-state index contributed by atoms with van der Waals surface area (Å²) in [5.74, 6) is -3.10. The summed E-state index contributed by atoms with van der Waals surface area (Å²) in [7, 11) is -4.86. The second kappa shape index (κ2) is 11.1. The molecule has 15 heteroatoms. The van der Waals surface area contributed by atoms with E-state index in [1.807, 2.05) is 0 Å². The molecule has 0 aliphatic rings. The van der Waals surface area contributed by atoms with Gasteiger partial charge in [0.05, 0.1) is 22.5 Å². The summed E-state index contributed by atoms with van der Waals surface area (Å²) in [4.78, 5) is 22.6. The van der Waals surface area contributed by atoms with Crippen LogP contribution in [0.15, 0.2) is 98.1 Å². The zero-order valence-electron chi connectivity index (χ0n) is 21.5. The van der Waals surface area contributed by atoms with Crippen molar-refractivity contribution in [3.05, 3.63) is 88.9 Å². The van der Waals surface area contributed by atoms with Gasteiger partial charge in [0, 0.05) is 26.9 Å². The molecule has 5 rings (SSSR count). The first-order valence-electron chi connectivity index (χ1n) is 12.0. The fraction of sp³-hybridized carbons (Fsp3) is 0. The molecule has 5 aromatic rings. The molecule has 0 aliphatic carbocycles. The monoisotopic (exact) mass is 619 g/mol. The van der Waals surface area contributed by atoms with Crippen molar-refractivity contribution in [3.8, 4) is 5.75 Å². The number of hydrogen-bond donors (Lipinski definition) is 5. The average Bonchev–Trinajstić information content (AvgIpc) is 2.95. The maximum atomic E-state index is 12.2. The number of halogens is 1. The van der Waals surface area contributed by atoms with E-state index in [-0.39, 0.29) is 55.1 Å². The molecule has 0 bridgehead atoms. The second-order valence-corrected chi connectivity index (χ2v) is 10.9. The number of fused-ring (bicyclic) bond motifs is 2. The molecule has 0 aliphatic heterocycles. The van der Waals surface area contributed by atoms with Gasteiger partial charge in [-0.2, -0.15) is 8.42 Å². The number of nitrogens with zero attached hydrogens (tertiary/aromatic N) is 4. The van der Waals surface area contributed by atoms with Crippen LogP contribution >= 0.6 is 11.6 Å². The molecule has 0 spiro atoms. The second-order valence-electron chi connectivity index (χ2n) is 9.06. The SMILES string of the molecule is Nc1ccc2cc(S(=O)(=O)O)c(N=Nc3ccc(N=Nc4cc(Cl)ccc4C(=O)O)c4cc(C(=O)O)ccc34)c(O)c2c1. The zero-order chi connectivity index (χ0) is 31.1. The molecular weight excluding hydrogens is 602 g/mol. The van der Waals surface area contributed by atoms with E-state index in [4.69, 9.17) is 17.3 Å². The summed E-state index contributed by atoms with van der Waals surface area (Å²) in [6.07, 6.45) is 0. The first-order valence-corrected chi connectivity index (χ1v) is 13.8. The number of rotatable bonds is 7. The van der Waals surface area contributed by atoms with Gasteiger partial charge in [-0.25, -0.2) is 9.59 Å². The molecule has 13 nitrogen and oxygen atoms in total. The summed E-state index contributed by atoms with van der Waals surface area (Å²) >= 11 is 5.99. The number of hydrogen-bond acceptors (Lipinski definition) is 10. The minimum atomic E-state index is -4.86. The van der Waals surface area contributed by atoms with Gasteiger partial charge in [0.2, 0.25) is 0 Å². The van der Waals surface area contributed by atoms with Crippen LogP contribution in [-0.2, 0) is 10.1 Å². The number of phenolic OH excluding ortho intramolecular Hbond substituents is 1. The van der Waals surface area contributed by atoms with Crippen molar-refractivity contribution in [1.82, 2.24) is 0 Å². The van der Waals surface area contributed by atoms with Gasteiger partial charge in [-0.1, -0.05) is 23.7 Å². The Labute approximate surface area is 247 Å². The summed E-state index contributed by atoms with van der Waals surface area (Å²) in [6, 6.07) is 16.2. The van der Waals surface area contributed by atoms with E-state index in [1.54, 1.807) is 0 Å². The van der Waals surface area contributed by atoms with E-state index in [0.717, 1.165) is 6.07 Å². The van der Waals surface area contributed by atoms with Crippen molar-refractivity contribution in [2.75, 3.05) is 5.73 Å². The van der Waals surface area contributed by atoms with Crippen LogP contribution in [0.5, 0.6) is 5.75 Å². The van der Waals surface area contributed by atoms with Gasteiger partial charge in [-0.15, -0.1) is 20.5 Å². The number of nitrogens with two attached hydrogens (primary N) is 1. The third kappa shape index (κ3) is 5.83. The number of carboxylic acids is 2. The molecule has 216 valence electrons. The van der Waals surface area contributed by atoms with Crippen LogP contribution in [0.4, 0.5) is 28.4 Å². The van der Waals surface area contributed by atoms with Gasteiger partial charge < -0.3 is 21.1 Å². The lowest BCUT2D eigenvalue weighted by Gasteiger charge is -2.10.